The number of anilines is 1. The van der Waals surface area contributed by atoms with Crippen LogP contribution in [0.2, 0.25) is 0 Å². The number of carbonyl (C=O) groups is 1. The number of carbonyl (C=O) groups excluding carboxylic acids is 2. The van der Waals surface area contributed by atoms with Gasteiger partial charge in [0.05, 0.1) is 18.7 Å². The molecule has 3 rings (SSSR count). The van der Waals surface area contributed by atoms with Gasteiger partial charge in [-0.3, -0.25) is 0 Å². The fourth-order valence-electron chi connectivity index (χ4n) is 3.51. The van der Waals surface area contributed by atoms with Crippen molar-refractivity contribution < 1.29 is 14.3 Å². The molecule has 1 aliphatic heterocycles. The molecule has 0 saturated carbocycles. The van der Waals surface area contributed by atoms with Crippen LogP contribution in [0.15, 0.2) is 54.2 Å². The van der Waals surface area contributed by atoms with Gasteiger partial charge in [-0.05, 0) is 44.0 Å². The summed E-state index contributed by atoms with van der Waals surface area (Å²) in [6.07, 6.45) is 0. The quantitative estimate of drug-likeness (QED) is 0.627. The molecular formula is C21H21NO3. The van der Waals surface area contributed by atoms with Crippen LogP contribution in [0, 0.1) is 0 Å². The average molecular weight is 335 g/mol. The molecule has 1 unspecified atom stereocenters. The highest BCUT2D eigenvalue weighted by Crippen LogP contribution is 2.50. The summed E-state index contributed by atoms with van der Waals surface area (Å²) in [7, 11) is 1.36. The molecule has 0 N–H and O–H groups in total. The van der Waals surface area contributed by atoms with Crippen LogP contribution in [0.4, 0.5) is 5.69 Å². The summed E-state index contributed by atoms with van der Waals surface area (Å²) in [4.78, 5) is 25.7. The second-order valence-corrected chi connectivity index (χ2v) is 6.76. The van der Waals surface area contributed by atoms with Crippen molar-refractivity contribution in [2.75, 3.05) is 12.0 Å². The topological polar surface area (TPSA) is 46.6 Å². The summed E-state index contributed by atoms with van der Waals surface area (Å²) >= 11 is 0. The minimum atomic E-state index is -0.477. The highest BCUT2D eigenvalue weighted by molar-refractivity contribution is 5.92. The third-order valence-electron chi connectivity index (χ3n) is 4.95. The molecule has 0 radical (unpaired) electrons. The second kappa shape index (κ2) is 6.23. The molecule has 2 aromatic carbocycles. The first-order valence-electron chi connectivity index (χ1n) is 8.24. The Bertz CT molecular complexity index is 864. The van der Waals surface area contributed by atoms with Crippen LogP contribution in [0.25, 0.3) is 0 Å². The number of esters is 1. The third-order valence-corrected chi connectivity index (χ3v) is 4.95. The predicted molar refractivity (Wildman–Crippen MR) is 97.4 cm³/mol. The number of methoxy groups -OCH3 is 1. The Morgan fingerprint density at radius 3 is 2.44 bits per heavy atom. The van der Waals surface area contributed by atoms with E-state index in [1.807, 2.05) is 62.1 Å². The van der Waals surface area contributed by atoms with Crippen molar-refractivity contribution in [3.8, 4) is 0 Å². The molecule has 0 aliphatic carbocycles. The van der Waals surface area contributed by atoms with E-state index in [0.717, 1.165) is 16.8 Å². The summed E-state index contributed by atoms with van der Waals surface area (Å²) in [5.74, 6) is 1.75. The summed E-state index contributed by atoms with van der Waals surface area (Å²) in [6, 6.07) is 15.3. The predicted octanol–water partition coefficient (Wildman–Crippen LogP) is 4.05. The maximum atomic E-state index is 11.9. The van der Waals surface area contributed by atoms with E-state index in [1.165, 1.54) is 7.11 Å². The Morgan fingerprint density at radius 2 is 1.84 bits per heavy atom. The lowest BCUT2D eigenvalue weighted by Gasteiger charge is -2.30. The molecule has 4 heteroatoms. The molecule has 0 amide bonds. The van der Waals surface area contributed by atoms with Crippen molar-refractivity contribution >= 4 is 17.6 Å². The summed E-state index contributed by atoms with van der Waals surface area (Å²) in [5, 5.41) is 0. The number of benzene rings is 2. The van der Waals surface area contributed by atoms with Gasteiger partial charge >= 0.3 is 5.97 Å². The zero-order valence-corrected chi connectivity index (χ0v) is 14.9. The van der Waals surface area contributed by atoms with Gasteiger partial charge in [0.25, 0.3) is 0 Å². The van der Waals surface area contributed by atoms with Gasteiger partial charge in [0, 0.05) is 11.1 Å². The smallest absolute Gasteiger partial charge is 0.337 e. The number of allylic oxidation sites excluding steroid dienone is 1. The lowest BCUT2D eigenvalue weighted by atomic mass is 9.84. The van der Waals surface area contributed by atoms with E-state index >= 15 is 0 Å². The van der Waals surface area contributed by atoms with Crippen molar-refractivity contribution in [3.05, 3.63) is 70.9 Å². The Morgan fingerprint density at radius 1 is 1.16 bits per heavy atom. The van der Waals surface area contributed by atoms with Crippen LogP contribution in [0.1, 0.15) is 48.3 Å². The van der Waals surface area contributed by atoms with E-state index in [0.29, 0.717) is 11.3 Å². The number of fused-ring (bicyclic) bond motifs is 1. The highest BCUT2D eigenvalue weighted by Gasteiger charge is 2.43. The summed E-state index contributed by atoms with van der Waals surface area (Å²) in [6.45, 7) is 6.05. The van der Waals surface area contributed by atoms with Gasteiger partial charge in [-0.15, -0.1) is 0 Å². The number of hydrogen-bond donors (Lipinski definition) is 0. The lowest BCUT2D eigenvalue weighted by molar-refractivity contribution is 0.0600. The maximum Gasteiger partial charge on any atom is 0.337 e. The molecule has 0 fully saturated rings. The van der Waals surface area contributed by atoms with E-state index in [1.54, 1.807) is 12.1 Å². The van der Waals surface area contributed by atoms with Gasteiger partial charge in [-0.25, -0.2) is 9.59 Å². The van der Waals surface area contributed by atoms with Gasteiger partial charge in [-0.1, -0.05) is 36.4 Å². The van der Waals surface area contributed by atoms with Crippen molar-refractivity contribution in [1.29, 1.82) is 0 Å². The van der Waals surface area contributed by atoms with Crippen LogP contribution in [0.5, 0.6) is 0 Å². The Hall–Kier alpha value is -2.84. The zero-order chi connectivity index (χ0) is 18.2. The number of ether oxygens (including phenoxy) is 1. The van der Waals surface area contributed by atoms with E-state index in [4.69, 9.17) is 4.74 Å². The molecule has 0 aromatic heterocycles. The first-order chi connectivity index (χ1) is 11.9. The second-order valence-electron chi connectivity index (χ2n) is 6.76. The van der Waals surface area contributed by atoms with E-state index in [2.05, 4.69) is 5.94 Å². The number of hydrogen-bond acceptors (Lipinski definition) is 4. The molecule has 128 valence electrons. The minimum Gasteiger partial charge on any atom is -0.465 e. The fraction of sp³-hybridized carbons (Fsp3) is 0.286. The molecule has 1 aliphatic rings. The lowest BCUT2D eigenvalue weighted by Crippen LogP contribution is -2.29. The molecule has 1 atom stereocenters. The van der Waals surface area contributed by atoms with Gasteiger partial charge in [0.2, 0.25) is 0 Å². The SMILES string of the molecule is COC(=O)c1ccc2c(c1)N(C(C)c1ccccc1)C(=C=O)C2(C)C. The highest BCUT2D eigenvalue weighted by atomic mass is 16.5. The van der Waals surface area contributed by atoms with Gasteiger partial charge in [0.1, 0.15) is 11.6 Å². The zero-order valence-electron chi connectivity index (χ0n) is 14.9. The van der Waals surface area contributed by atoms with Crippen LogP contribution in [0.3, 0.4) is 0 Å². The van der Waals surface area contributed by atoms with Gasteiger partial charge < -0.3 is 9.64 Å². The van der Waals surface area contributed by atoms with Crippen molar-refractivity contribution in [2.45, 2.75) is 32.2 Å². The molecule has 0 saturated heterocycles. The Balaban J connectivity index is 2.19. The summed E-state index contributed by atoms with van der Waals surface area (Å²) in [5.41, 5.74) is 3.50. The molecule has 2 aromatic rings. The Kier molecular flexibility index (Phi) is 4.23. The summed E-state index contributed by atoms with van der Waals surface area (Å²) < 4.78 is 4.84. The first kappa shape index (κ1) is 17.0. The number of nitrogens with zero attached hydrogens (tertiary/aromatic N) is 1. The van der Waals surface area contributed by atoms with Gasteiger partial charge in [0.15, 0.2) is 0 Å². The standard InChI is InChI=1S/C21H21NO3/c1-14(15-8-6-5-7-9-15)22-18-12-16(20(24)25-4)10-11-17(18)21(2,3)19(22)13-23/h5-12,14H,1-4H3. The molecule has 0 spiro atoms. The first-order valence-corrected chi connectivity index (χ1v) is 8.24. The van der Waals surface area contributed by atoms with E-state index < -0.39 is 11.4 Å². The average Bonchev–Trinajstić information content (AvgIpc) is 2.87. The molecule has 0 bridgehead atoms. The Labute approximate surface area is 147 Å². The largest absolute Gasteiger partial charge is 0.465 e. The normalized spacial score (nSPS) is 16.2. The monoisotopic (exact) mass is 335 g/mol. The van der Waals surface area contributed by atoms with Crippen LogP contribution >= 0.6 is 0 Å². The van der Waals surface area contributed by atoms with Crippen molar-refractivity contribution in [2.24, 2.45) is 0 Å². The molecule has 25 heavy (non-hydrogen) atoms. The van der Waals surface area contributed by atoms with Crippen LogP contribution in [-0.4, -0.2) is 19.0 Å². The molecule has 1 heterocycles. The van der Waals surface area contributed by atoms with E-state index in [9.17, 15) is 9.59 Å². The number of rotatable bonds is 3. The van der Waals surface area contributed by atoms with Crippen LogP contribution in [-0.2, 0) is 14.9 Å². The minimum absolute atomic E-state index is 0.0638. The van der Waals surface area contributed by atoms with E-state index in [-0.39, 0.29) is 6.04 Å². The fourth-order valence-corrected chi connectivity index (χ4v) is 3.51. The van der Waals surface area contributed by atoms with Gasteiger partial charge in [-0.2, -0.15) is 0 Å². The third kappa shape index (κ3) is 2.65. The maximum absolute atomic E-state index is 11.9. The molecule has 4 nitrogen and oxygen atoms in total. The van der Waals surface area contributed by atoms with Crippen molar-refractivity contribution in [3.63, 3.8) is 0 Å². The molecular weight excluding hydrogens is 314 g/mol. The van der Waals surface area contributed by atoms with Crippen LogP contribution < -0.4 is 4.90 Å². The van der Waals surface area contributed by atoms with Crippen molar-refractivity contribution in [1.82, 2.24) is 0 Å².